The molecule has 1 N–H and O–H groups in total. The smallest absolute Gasteiger partial charge is 0.317 e. The Balaban J connectivity index is 1.59. The van der Waals surface area contributed by atoms with E-state index in [2.05, 4.69) is 22.2 Å². The molecule has 7 nitrogen and oxygen atoms in total. The standard InChI is InChI=1S/C16H27N5O2/c1-19-9-10-21(11-13(19)14-17-7-8-20(14)2)15(22)18-12-16(23-3)5-4-6-16/h7-8,13H,4-6,9-12H2,1-3H3,(H,18,22)/t13-/m1/s1. The van der Waals surface area contributed by atoms with Crippen LogP contribution >= 0.6 is 0 Å². The van der Waals surface area contributed by atoms with Gasteiger partial charge < -0.3 is 19.5 Å². The van der Waals surface area contributed by atoms with E-state index in [1.165, 1.54) is 6.42 Å². The second-order valence-electron chi connectivity index (χ2n) is 6.74. The molecule has 1 aromatic rings. The minimum atomic E-state index is -0.138. The molecule has 1 atom stereocenters. The van der Waals surface area contributed by atoms with Gasteiger partial charge in [0.1, 0.15) is 5.82 Å². The van der Waals surface area contributed by atoms with Crippen LogP contribution in [0.3, 0.4) is 0 Å². The van der Waals surface area contributed by atoms with Crippen molar-refractivity contribution in [3.8, 4) is 0 Å². The number of hydrogen-bond acceptors (Lipinski definition) is 4. The van der Waals surface area contributed by atoms with E-state index in [9.17, 15) is 4.79 Å². The molecule has 1 aliphatic carbocycles. The Kier molecular flexibility index (Phi) is 4.59. The number of nitrogens with zero attached hydrogens (tertiary/aromatic N) is 4. The minimum Gasteiger partial charge on any atom is -0.376 e. The highest BCUT2D eigenvalue weighted by Gasteiger charge is 2.38. The first-order chi connectivity index (χ1) is 11.0. The molecule has 7 heteroatoms. The summed E-state index contributed by atoms with van der Waals surface area (Å²) in [6.45, 7) is 2.85. The molecule has 0 bridgehead atoms. The average Bonchev–Trinajstić information content (AvgIpc) is 2.93. The molecule has 0 aromatic carbocycles. The average molecular weight is 321 g/mol. The number of carbonyl (C=O) groups is 1. The van der Waals surface area contributed by atoms with E-state index in [0.717, 1.165) is 31.8 Å². The number of likely N-dealkylation sites (N-methyl/N-ethyl adjacent to an activating group) is 1. The second kappa shape index (κ2) is 6.49. The van der Waals surface area contributed by atoms with Crippen LogP contribution in [0.15, 0.2) is 12.4 Å². The predicted molar refractivity (Wildman–Crippen MR) is 87.1 cm³/mol. The lowest BCUT2D eigenvalue weighted by atomic mass is 9.80. The molecule has 1 saturated carbocycles. The summed E-state index contributed by atoms with van der Waals surface area (Å²) in [7, 11) is 5.81. The number of aromatic nitrogens is 2. The van der Waals surface area contributed by atoms with Gasteiger partial charge in [-0.3, -0.25) is 4.90 Å². The highest BCUT2D eigenvalue weighted by Crippen LogP contribution is 2.34. The maximum absolute atomic E-state index is 12.5. The number of nitrogens with one attached hydrogen (secondary N) is 1. The van der Waals surface area contributed by atoms with Crippen LogP contribution in [0.4, 0.5) is 4.79 Å². The molecule has 2 amide bonds. The van der Waals surface area contributed by atoms with Crippen molar-refractivity contribution in [1.82, 2.24) is 24.7 Å². The Morgan fingerprint density at radius 3 is 2.78 bits per heavy atom. The number of urea groups is 1. The fourth-order valence-corrected chi connectivity index (χ4v) is 3.41. The largest absolute Gasteiger partial charge is 0.376 e. The van der Waals surface area contributed by atoms with Crippen molar-refractivity contribution >= 4 is 6.03 Å². The first-order valence-corrected chi connectivity index (χ1v) is 8.30. The highest BCUT2D eigenvalue weighted by molar-refractivity contribution is 5.74. The van der Waals surface area contributed by atoms with Gasteiger partial charge in [-0.1, -0.05) is 0 Å². The van der Waals surface area contributed by atoms with Gasteiger partial charge in [-0.15, -0.1) is 0 Å². The summed E-state index contributed by atoms with van der Waals surface area (Å²) >= 11 is 0. The van der Waals surface area contributed by atoms with Crippen molar-refractivity contribution in [2.75, 3.05) is 40.3 Å². The maximum Gasteiger partial charge on any atom is 0.317 e. The lowest BCUT2D eigenvalue weighted by Gasteiger charge is -2.42. The molecular weight excluding hydrogens is 294 g/mol. The quantitative estimate of drug-likeness (QED) is 0.898. The second-order valence-corrected chi connectivity index (χ2v) is 6.74. The van der Waals surface area contributed by atoms with Gasteiger partial charge in [0.05, 0.1) is 11.6 Å². The first-order valence-electron chi connectivity index (χ1n) is 8.30. The van der Waals surface area contributed by atoms with Crippen LogP contribution in [-0.2, 0) is 11.8 Å². The van der Waals surface area contributed by atoms with Crippen molar-refractivity contribution in [1.29, 1.82) is 0 Å². The number of aryl methyl sites for hydroxylation is 1. The molecule has 2 heterocycles. The Morgan fingerprint density at radius 2 is 2.22 bits per heavy atom. The molecule has 1 aromatic heterocycles. The fraction of sp³-hybridized carbons (Fsp3) is 0.750. The molecule has 2 fully saturated rings. The van der Waals surface area contributed by atoms with Gasteiger partial charge in [0, 0.05) is 52.7 Å². The van der Waals surface area contributed by atoms with Gasteiger partial charge in [0.2, 0.25) is 0 Å². The molecule has 1 saturated heterocycles. The van der Waals surface area contributed by atoms with Crippen LogP contribution < -0.4 is 5.32 Å². The number of imidazole rings is 1. The van der Waals surface area contributed by atoms with Crippen LogP contribution in [0.2, 0.25) is 0 Å². The van der Waals surface area contributed by atoms with Crippen LogP contribution in [0.1, 0.15) is 31.1 Å². The number of rotatable bonds is 4. The summed E-state index contributed by atoms with van der Waals surface area (Å²) in [5, 5.41) is 3.06. The number of carbonyl (C=O) groups excluding carboxylic acids is 1. The van der Waals surface area contributed by atoms with E-state index < -0.39 is 0 Å². The van der Waals surface area contributed by atoms with Gasteiger partial charge in [0.15, 0.2) is 0 Å². The normalized spacial score (nSPS) is 24.3. The number of piperazine rings is 1. The number of hydrogen-bond donors (Lipinski definition) is 1. The van der Waals surface area contributed by atoms with Crippen LogP contribution in [-0.4, -0.2) is 71.3 Å². The monoisotopic (exact) mass is 321 g/mol. The third kappa shape index (κ3) is 3.21. The summed E-state index contributed by atoms with van der Waals surface area (Å²) < 4.78 is 7.59. The zero-order chi connectivity index (χ0) is 16.4. The number of amides is 2. The van der Waals surface area contributed by atoms with E-state index in [1.54, 1.807) is 13.3 Å². The lowest BCUT2D eigenvalue weighted by molar-refractivity contribution is -0.0681. The summed E-state index contributed by atoms with van der Waals surface area (Å²) in [4.78, 5) is 21.1. The third-order valence-electron chi connectivity index (χ3n) is 5.35. The SMILES string of the molecule is COC1(CNC(=O)N2CCN(C)[C@@H](c3nccn3C)C2)CCC1. The maximum atomic E-state index is 12.5. The molecule has 2 aliphatic rings. The summed E-state index contributed by atoms with van der Waals surface area (Å²) in [6.07, 6.45) is 6.99. The number of methoxy groups -OCH3 is 1. The van der Waals surface area contributed by atoms with Gasteiger partial charge in [-0.05, 0) is 26.3 Å². The fourth-order valence-electron chi connectivity index (χ4n) is 3.41. The third-order valence-corrected chi connectivity index (χ3v) is 5.35. The zero-order valence-electron chi connectivity index (χ0n) is 14.3. The van der Waals surface area contributed by atoms with E-state index in [-0.39, 0.29) is 17.7 Å². The molecular formula is C16H27N5O2. The van der Waals surface area contributed by atoms with Crippen molar-refractivity contribution in [2.24, 2.45) is 7.05 Å². The summed E-state index contributed by atoms with van der Waals surface area (Å²) in [5.74, 6) is 0.998. The zero-order valence-corrected chi connectivity index (χ0v) is 14.3. The van der Waals surface area contributed by atoms with Gasteiger partial charge >= 0.3 is 6.03 Å². The van der Waals surface area contributed by atoms with E-state index in [1.807, 2.05) is 22.7 Å². The Hall–Kier alpha value is -1.60. The predicted octanol–water partition coefficient (Wildman–Crippen LogP) is 0.987. The molecule has 0 spiro atoms. The van der Waals surface area contributed by atoms with Crippen molar-refractivity contribution < 1.29 is 9.53 Å². The van der Waals surface area contributed by atoms with Crippen LogP contribution in [0.25, 0.3) is 0 Å². The Bertz CT molecular complexity index is 549. The molecule has 128 valence electrons. The van der Waals surface area contributed by atoms with Crippen molar-refractivity contribution in [2.45, 2.75) is 30.9 Å². The van der Waals surface area contributed by atoms with E-state index >= 15 is 0 Å². The van der Waals surface area contributed by atoms with E-state index in [0.29, 0.717) is 13.1 Å². The topological polar surface area (TPSA) is 62.6 Å². The molecule has 23 heavy (non-hydrogen) atoms. The lowest BCUT2D eigenvalue weighted by Crippen LogP contribution is -2.56. The van der Waals surface area contributed by atoms with E-state index in [4.69, 9.17) is 4.74 Å². The Morgan fingerprint density at radius 1 is 1.43 bits per heavy atom. The summed E-state index contributed by atoms with van der Waals surface area (Å²) in [5.41, 5.74) is -0.138. The van der Waals surface area contributed by atoms with Gasteiger partial charge in [-0.25, -0.2) is 9.78 Å². The number of ether oxygens (including phenoxy) is 1. The molecule has 0 unspecified atom stereocenters. The molecule has 3 rings (SSSR count). The summed E-state index contributed by atoms with van der Waals surface area (Å²) in [6, 6.07) is 0.134. The molecule has 1 aliphatic heterocycles. The first kappa shape index (κ1) is 16.3. The van der Waals surface area contributed by atoms with Crippen molar-refractivity contribution in [3.63, 3.8) is 0 Å². The van der Waals surface area contributed by atoms with Gasteiger partial charge in [0.25, 0.3) is 0 Å². The molecule has 0 radical (unpaired) electrons. The van der Waals surface area contributed by atoms with Gasteiger partial charge in [-0.2, -0.15) is 0 Å². The highest BCUT2D eigenvalue weighted by atomic mass is 16.5. The minimum absolute atomic E-state index is 0.000587. The van der Waals surface area contributed by atoms with Crippen molar-refractivity contribution in [3.05, 3.63) is 18.2 Å². The van der Waals surface area contributed by atoms with Crippen LogP contribution in [0, 0.1) is 0 Å². The Labute approximate surface area is 137 Å². The van der Waals surface area contributed by atoms with Crippen LogP contribution in [0.5, 0.6) is 0 Å².